The van der Waals surface area contributed by atoms with Gasteiger partial charge in [-0.2, -0.15) is 0 Å². The van der Waals surface area contributed by atoms with Crippen LogP contribution in [0.15, 0.2) is 87.3 Å². The molecule has 7 heteroatoms. The molecule has 6 nitrogen and oxygen atoms in total. The molecule has 0 saturated carbocycles. The summed E-state index contributed by atoms with van der Waals surface area (Å²) in [4.78, 5) is 34.3. The normalized spacial score (nSPS) is 13.4. The van der Waals surface area contributed by atoms with Crippen LogP contribution in [0.25, 0.3) is 11.1 Å². The minimum atomic E-state index is -0.945. The van der Waals surface area contributed by atoms with E-state index >= 15 is 0 Å². The summed E-state index contributed by atoms with van der Waals surface area (Å²) in [5.41, 5.74) is 2.74. The van der Waals surface area contributed by atoms with Gasteiger partial charge in [0, 0.05) is 9.79 Å². The zero-order valence-electron chi connectivity index (χ0n) is 16.6. The van der Waals surface area contributed by atoms with Gasteiger partial charge in [-0.25, -0.2) is 9.78 Å². The fourth-order valence-corrected chi connectivity index (χ4v) is 4.70. The number of fused-ring (bicyclic) bond motifs is 3. The van der Waals surface area contributed by atoms with Crippen molar-refractivity contribution in [1.29, 1.82) is 0 Å². The predicted molar refractivity (Wildman–Crippen MR) is 118 cm³/mol. The van der Waals surface area contributed by atoms with Gasteiger partial charge in [0.1, 0.15) is 5.52 Å². The van der Waals surface area contributed by atoms with Crippen LogP contribution < -0.4 is 4.90 Å². The van der Waals surface area contributed by atoms with Gasteiger partial charge >= 0.3 is 5.97 Å². The van der Waals surface area contributed by atoms with E-state index in [4.69, 9.17) is 9.15 Å². The first-order chi connectivity index (χ1) is 15.2. The Balaban J connectivity index is 1.49. The zero-order valence-corrected chi connectivity index (χ0v) is 17.5. The number of carbonyl (C=O) groups is 2. The molecule has 0 N–H and O–H groups in total. The Hall–Kier alpha value is -3.58. The van der Waals surface area contributed by atoms with Crippen molar-refractivity contribution in [2.75, 3.05) is 4.90 Å². The highest BCUT2D eigenvalue weighted by molar-refractivity contribution is 7.99. The molecule has 3 aromatic carbocycles. The largest absolute Gasteiger partial charge is 0.449 e. The highest BCUT2D eigenvalue weighted by Crippen LogP contribution is 2.48. The van der Waals surface area contributed by atoms with E-state index in [0.29, 0.717) is 17.5 Å². The smallest absolute Gasteiger partial charge is 0.341 e. The molecule has 1 unspecified atom stereocenters. The van der Waals surface area contributed by atoms with Crippen molar-refractivity contribution in [2.45, 2.75) is 29.2 Å². The number of aromatic nitrogens is 1. The molecule has 31 heavy (non-hydrogen) atoms. The number of oxazole rings is 1. The summed E-state index contributed by atoms with van der Waals surface area (Å²) in [6, 6.07) is 20.5. The summed E-state index contributed by atoms with van der Waals surface area (Å²) in [6.45, 7) is 1.82. The number of ether oxygens (including phenoxy) is 1. The van der Waals surface area contributed by atoms with Crippen LogP contribution in [0, 0.1) is 0 Å². The Morgan fingerprint density at radius 3 is 2.35 bits per heavy atom. The maximum atomic E-state index is 13.6. The molecule has 0 saturated heterocycles. The van der Waals surface area contributed by atoms with Crippen LogP contribution in [0.3, 0.4) is 0 Å². The zero-order chi connectivity index (χ0) is 21.4. The summed E-state index contributed by atoms with van der Waals surface area (Å²) in [5, 5.41) is 0. The van der Waals surface area contributed by atoms with Crippen molar-refractivity contribution in [2.24, 2.45) is 0 Å². The molecule has 0 bridgehead atoms. The maximum absolute atomic E-state index is 13.6. The molecule has 1 aliphatic rings. The highest BCUT2D eigenvalue weighted by Gasteiger charge is 2.34. The van der Waals surface area contributed by atoms with E-state index in [0.717, 1.165) is 21.2 Å². The first kappa shape index (κ1) is 19.4. The summed E-state index contributed by atoms with van der Waals surface area (Å²) in [5.74, 6) is -0.893. The van der Waals surface area contributed by atoms with Crippen LogP contribution in [-0.2, 0) is 9.53 Å². The Morgan fingerprint density at radius 1 is 1.00 bits per heavy atom. The molecular formula is C24H18N2O4S. The van der Waals surface area contributed by atoms with Crippen molar-refractivity contribution >= 4 is 46.1 Å². The first-order valence-corrected chi connectivity index (χ1v) is 10.7. The fraction of sp³-hybridized carbons (Fsp3) is 0.125. The number of para-hydroxylation sites is 3. The lowest BCUT2D eigenvalue weighted by atomic mass is 10.1. The van der Waals surface area contributed by atoms with E-state index in [2.05, 4.69) is 4.98 Å². The number of amides is 1. The van der Waals surface area contributed by atoms with Crippen molar-refractivity contribution in [3.8, 4) is 0 Å². The number of benzene rings is 3. The molecule has 5 rings (SSSR count). The van der Waals surface area contributed by atoms with Crippen LogP contribution >= 0.6 is 11.8 Å². The summed E-state index contributed by atoms with van der Waals surface area (Å²) in [6.07, 6.45) is 0.676. The Morgan fingerprint density at radius 2 is 1.68 bits per heavy atom. The average Bonchev–Trinajstić information content (AvgIpc) is 3.29. The van der Waals surface area contributed by atoms with Crippen LogP contribution in [0.4, 0.5) is 11.4 Å². The van der Waals surface area contributed by atoms with Gasteiger partial charge in [-0.05, 0) is 42.8 Å². The predicted octanol–water partition coefficient (Wildman–Crippen LogP) is 5.59. The third-order valence-electron chi connectivity index (χ3n) is 5.13. The summed E-state index contributed by atoms with van der Waals surface area (Å²) < 4.78 is 11.0. The van der Waals surface area contributed by atoms with Crippen LogP contribution in [-0.4, -0.2) is 23.0 Å². The van der Waals surface area contributed by atoms with Gasteiger partial charge in [-0.15, -0.1) is 0 Å². The minimum Gasteiger partial charge on any atom is -0.449 e. The second-order valence-electron chi connectivity index (χ2n) is 7.02. The quantitative estimate of drug-likeness (QED) is 0.393. The van der Waals surface area contributed by atoms with Crippen LogP contribution in [0.1, 0.15) is 23.7 Å². The van der Waals surface area contributed by atoms with Gasteiger partial charge < -0.3 is 9.15 Å². The van der Waals surface area contributed by atoms with Crippen molar-refractivity contribution in [3.63, 3.8) is 0 Å². The topological polar surface area (TPSA) is 72.6 Å². The maximum Gasteiger partial charge on any atom is 0.341 e. The van der Waals surface area contributed by atoms with E-state index in [9.17, 15) is 9.59 Å². The molecular weight excluding hydrogens is 412 g/mol. The second kappa shape index (κ2) is 7.92. The molecule has 0 fully saturated rings. The second-order valence-corrected chi connectivity index (χ2v) is 8.10. The third-order valence-corrected chi connectivity index (χ3v) is 6.26. The lowest BCUT2D eigenvalue weighted by Crippen LogP contribution is -2.39. The van der Waals surface area contributed by atoms with Gasteiger partial charge in [0.05, 0.1) is 16.9 Å². The molecule has 2 heterocycles. The standard InChI is InChI=1S/C24H18N2O4S/c1-2-18(30-24(28)15-8-7-11-19-22(15)25-14-29-19)23(27)26-16-9-3-5-12-20(16)31-21-13-6-4-10-17(21)26/h3-14,18H,2H2,1H3. The van der Waals surface area contributed by atoms with Crippen molar-refractivity contribution < 1.29 is 18.7 Å². The van der Waals surface area contributed by atoms with Gasteiger partial charge in [0.2, 0.25) is 0 Å². The van der Waals surface area contributed by atoms with E-state index < -0.39 is 12.1 Å². The van der Waals surface area contributed by atoms with E-state index in [-0.39, 0.29) is 11.5 Å². The minimum absolute atomic E-state index is 0.271. The molecule has 154 valence electrons. The summed E-state index contributed by atoms with van der Waals surface area (Å²) in [7, 11) is 0. The van der Waals surface area contributed by atoms with Crippen LogP contribution in [0.5, 0.6) is 0 Å². The van der Waals surface area contributed by atoms with Gasteiger partial charge in [-0.3, -0.25) is 9.69 Å². The van der Waals surface area contributed by atoms with E-state index in [1.807, 2.05) is 55.5 Å². The van der Waals surface area contributed by atoms with E-state index in [1.165, 1.54) is 6.39 Å². The molecule has 1 amide bonds. The Kier molecular flexibility index (Phi) is 4.95. The molecule has 0 spiro atoms. The number of esters is 1. The number of anilines is 2. The Bertz CT molecular complexity index is 1250. The lowest BCUT2D eigenvalue weighted by Gasteiger charge is -2.33. The molecule has 4 aromatic rings. The fourth-order valence-electron chi connectivity index (χ4n) is 3.64. The van der Waals surface area contributed by atoms with E-state index in [1.54, 1.807) is 34.9 Å². The van der Waals surface area contributed by atoms with Gasteiger partial charge in [0.25, 0.3) is 5.91 Å². The number of nitrogens with zero attached hydrogens (tertiary/aromatic N) is 2. The number of hydrogen-bond acceptors (Lipinski definition) is 6. The molecule has 1 atom stereocenters. The number of hydrogen-bond donors (Lipinski definition) is 0. The van der Waals surface area contributed by atoms with Gasteiger partial charge in [-0.1, -0.05) is 49.0 Å². The average molecular weight is 430 g/mol. The van der Waals surface area contributed by atoms with Gasteiger partial charge in [0.15, 0.2) is 18.1 Å². The lowest BCUT2D eigenvalue weighted by molar-refractivity contribution is -0.126. The molecule has 0 radical (unpaired) electrons. The number of rotatable bonds is 4. The monoisotopic (exact) mass is 430 g/mol. The first-order valence-electron chi connectivity index (χ1n) is 9.90. The third kappa shape index (κ3) is 3.37. The highest BCUT2D eigenvalue weighted by atomic mass is 32.2. The Labute approximate surface area is 182 Å². The molecule has 1 aliphatic heterocycles. The van der Waals surface area contributed by atoms with Crippen molar-refractivity contribution in [1.82, 2.24) is 4.98 Å². The molecule has 0 aliphatic carbocycles. The number of carbonyl (C=O) groups excluding carboxylic acids is 2. The SMILES string of the molecule is CCC(OC(=O)c1cccc2ocnc12)C(=O)N1c2ccccc2Sc2ccccc21. The van der Waals surface area contributed by atoms with Crippen LogP contribution in [0.2, 0.25) is 0 Å². The molecule has 1 aromatic heterocycles. The summed E-state index contributed by atoms with van der Waals surface area (Å²) >= 11 is 1.62. The van der Waals surface area contributed by atoms with Crippen molar-refractivity contribution in [3.05, 3.63) is 78.7 Å².